The van der Waals surface area contributed by atoms with Crippen LogP contribution in [0.5, 0.6) is 11.5 Å². The fourth-order valence-electron chi connectivity index (χ4n) is 4.42. The Morgan fingerprint density at radius 2 is 1.75 bits per heavy atom. The third-order valence-corrected chi connectivity index (χ3v) is 8.70. The van der Waals surface area contributed by atoms with Crippen molar-refractivity contribution in [2.75, 3.05) is 18.1 Å². The van der Waals surface area contributed by atoms with Crippen LogP contribution in [-0.4, -0.2) is 40.2 Å². The lowest BCUT2D eigenvalue weighted by molar-refractivity contribution is -0.132. The Labute approximate surface area is 241 Å². The van der Waals surface area contributed by atoms with E-state index >= 15 is 0 Å². The number of hydrogen-bond acceptors (Lipinski definition) is 9. The zero-order chi connectivity index (χ0) is 27.8. The number of aromatic nitrogens is 2. The summed E-state index contributed by atoms with van der Waals surface area (Å²) in [5.41, 5.74) is 1.65. The van der Waals surface area contributed by atoms with Crippen molar-refractivity contribution in [2.45, 2.75) is 16.1 Å². The van der Waals surface area contributed by atoms with Crippen LogP contribution >= 0.6 is 34.7 Å². The second kappa shape index (κ2) is 10.9. The number of ketones is 1. The zero-order valence-electron chi connectivity index (χ0n) is 20.5. The van der Waals surface area contributed by atoms with Crippen LogP contribution in [0.1, 0.15) is 22.7 Å². The summed E-state index contributed by atoms with van der Waals surface area (Å²) in [4.78, 5) is 28.1. The monoisotopic (exact) mass is 595 g/mol. The summed E-state index contributed by atoms with van der Waals surface area (Å²) < 4.78 is 25.0. The number of aliphatic hydroxyl groups excluding tert-OH is 1. The molecule has 0 radical (unpaired) electrons. The maximum Gasteiger partial charge on any atom is 0.301 e. The van der Waals surface area contributed by atoms with Crippen LogP contribution in [0.15, 0.2) is 76.6 Å². The fourth-order valence-corrected chi connectivity index (χ4v) is 6.37. The van der Waals surface area contributed by atoms with Gasteiger partial charge in [0.05, 0.1) is 11.6 Å². The van der Waals surface area contributed by atoms with Gasteiger partial charge in [0.15, 0.2) is 15.8 Å². The van der Waals surface area contributed by atoms with E-state index in [1.54, 1.807) is 54.6 Å². The molecule has 12 heteroatoms. The predicted molar refractivity (Wildman–Crippen MR) is 150 cm³/mol. The highest BCUT2D eigenvalue weighted by molar-refractivity contribution is 8.00. The van der Waals surface area contributed by atoms with Gasteiger partial charge in [0.25, 0.3) is 5.78 Å². The van der Waals surface area contributed by atoms with E-state index in [-0.39, 0.29) is 22.3 Å². The molecule has 0 aliphatic carbocycles. The molecule has 1 aromatic heterocycles. The van der Waals surface area contributed by atoms with Crippen molar-refractivity contribution in [3.8, 4) is 11.5 Å². The molecule has 202 valence electrons. The topological polar surface area (TPSA) is 102 Å². The molecule has 1 unspecified atom stereocenters. The van der Waals surface area contributed by atoms with Crippen LogP contribution < -0.4 is 14.4 Å². The Morgan fingerprint density at radius 1 is 1.02 bits per heavy atom. The average Bonchev–Trinajstić information content (AvgIpc) is 3.54. The molecule has 0 bridgehead atoms. The molecule has 1 atom stereocenters. The Kier molecular flexibility index (Phi) is 7.18. The summed E-state index contributed by atoms with van der Waals surface area (Å²) in [6.07, 6.45) is 0. The quantitative estimate of drug-likeness (QED) is 0.0949. The van der Waals surface area contributed by atoms with Gasteiger partial charge in [0, 0.05) is 16.3 Å². The molecule has 3 heterocycles. The molecular weight excluding hydrogens is 577 g/mol. The van der Waals surface area contributed by atoms with Gasteiger partial charge in [-0.25, -0.2) is 4.39 Å². The Morgan fingerprint density at radius 3 is 2.50 bits per heavy atom. The summed E-state index contributed by atoms with van der Waals surface area (Å²) in [5.74, 6) is -0.905. The number of rotatable bonds is 6. The van der Waals surface area contributed by atoms with Gasteiger partial charge in [-0.2, -0.15) is 0 Å². The number of nitrogens with zero attached hydrogens (tertiary/aromatic N) is 3. The average molecular weight is 596 g/mol. The number of hydrogen-bond donors (Lipinski definition) is 1. The number of amides is 1. The molecule has 3 aromatic carbocycles. The van der Waals surface area contributed by atoms with E-state index in [0.29, 0.717) is 51.0 Å². The first-order valence-electron chi connectivity index (χ1n) is 12.1. The number of Topliss-reactive ketones (excluding diaryl/α,β-unsaturated/α-hetero) is 1. The molecule has 40 heavy (non-hydrogen) atoms. The van der Waals surface area contributed by atoms with Gasteiger partial charge in [-0.1, -0.05) is 59.0 Å². The number of carbonyl (C=O) groups excluding carboxylic acids is 2. The minimum Gasteiger partial charge on any atom is -0.507 e. The number of aliphatic hydroxyl groups is 1. The minimum absolute atomic E-state index is 0.0975. The van der Waals surface area contributed by atoms with Crippen molar-refractivity contribution in [3.05, 3.63) is 99.8 Å². The Bertz CT molecular complexity index is 1640. The number of benzene rings is 3. The first-order valence-corrected chi connectivity index (χ1v) is 14.2. The minimum atomic E-state index is -0.978. The smallest absolute Gasteiger partial charge is 0.301 e. The SMILES string of the molecule is O=C1C(=O)N(c2nnc(SCc3ccc(F)cc3)s2)C(c2ccc(Cl)cc2)/C1=C(\O)c1ccc2c(c1)OCCO2. The van der Waals surface area contributed by atoms with Crippen LogP contribution in [0.25, 0.3) is 5.76 Å². The van der Waals surface area contributed by atoms with Gasteiger partial charge in [-0.3, -0.25) is 14.5 Å². The maximum atomic E-state index is 13.4. The highest BCUT2D eigenvalue weighted by Gasteiger charge is 2.48. The van der Waals surface area contributed by atoms with Gasteiger partial charge in [0.1, 0.15) is 24.8 Å². The second-order valence-corrected chi connectivity index (χ2v) is 11.5. The van der Waals surface area contributed by atoms with E-state index < -0.39 is 17.7 Å². The van der Waals surface area contributed by atoms with Crippen LogP contribution in [0, 0.1) is 5.82 Å². The fraction of sp³-hybridized carbons (Fsp3) is 0.143. The third-order valence-electron chi connectivity index (χ3n) is 6.32. The zero-order valence-corrected chi connectivity index (χ0v) is 22.9. The van der Waals surface area contributed by atoms with Crippen LogP contribution in [0.2, 0.25) is 5.02 Å². The van der Waals surface area contributed by atoms with E-state index in [1.807, 2.05) is 0 Å². The largest absolute Gasteiger partial charge is 0.507 e. The van der Waals surface area contributed by atoms with E-state index in [9.17, 15) is 19.1 Å². The summed E-state index contributed by atoms with van der Waals surface area (Å²) in [6.45, 7) is 0.761. The molecule has 0 spiro atoms. The molecule has 0 saturated carbocycles. The lowest BCUT2D eigenvalue weighted by Gasteiger charge is -2.23. The maximum absolute atomic E-state index is 13.4. The van der Waals surface area contributed by atoms with E-state index in [1.165, 1.54) is 28.8 Å². The van der Waals surface area contributed by atoms with Crippen molar-refractivity contribution in [1.29, 1.82) is 0 Å². The summed E-state index contributed by atoms with van der Waals surface area (Å²) in [7, 11) is 0. The van der Waals surface area contributed by atoms with Crippen LogP contribution in [0.4, 0.5) is 9.52 Å². The van der Waals surface area contributed by atoms with Gasteiger partial charge in [-0.05, 0) is 53.6 Å². The van der Waals surface area contributed by atoms with Crippen molar-refractivity contribution < 1.29 is 28.6 Å². The molecular formula is C28H19ClFN3O5S2. The number of ether oxygens (including phenoxy) is 2. The Hall–Kier alpha value is -3.93. The number of thioether (sulfide) groups is 1. The number of anilines is 1. The number of halogens is 2. The van der Waals surface area contributed by atoms with Crippen molar-refractivity contribution >= 4 is 57.3 Å². The molecule has 1 amide bonds. The molecule has 6 rings (SSSR count). The lowest BCUT2D eigenvalue weighted by Crippen LogP contribution is -2.29. The first kappa shape index (κ1) is 26.3. The summed E-state index contributed by atoms with van der Waals surface area (Å²) in [5, 5.41) is 20.5. The lowest BCUT2D eigenvalue weighted by atomic mass is 9.95. The summed E-state index contributed by atoms with van der Waals surface area (Å²) >= 11 is 8.62. The molecule has 1 fully saturated rings. The van der Waals surface area contributed by atoms with Gasteiger partial charge >= 0.3 is 5.91 Å². The molecule has 4 aromatic rings. The standard InChI is InChI=1S/C28H19ClFN3O5S2/c29-18-6-3-16(4-7-18)23-22(24(34)17-5-10-20-21(13-17)38-12-11-37-20)25(35)26(36)33(23)27-31-32-28(40-27)39-14-15-1-8-19(30)9-2-15/h1-10,13,23,34H,11-12,14H2/b24-22+. The van der Waals surface area contributed by atoms with Crippen LogP contribution in [0.3, 0.4) is 0 Å². The second-order valence-electron chi connectivity index (χ2n) is 8.84. The normalized spacial score (nSPS) is 17.9. The van der Waals surface area contributed by atoms with Crippen molar-refractivity contribution in [3.63, 3.8) is 0 Å². The number of fused-ring (bicyclic) bond motifs is 1. The van der Waals surface area contributed by atoms with E-state index in [0.717, 1.165) is 16.9 Å². The summed E-state index contributed by atoms with van der Waals surface area (Å²) in [6, 6.07) is 16.6. The van der Waals surface area contributed by atoms with Crippen molar-refractivity contribution in [2.24, 2.45) is 0 Å². The molecule has 2 aliphatic rings. The molecule has 1 saturated heterocycles. The molecule has 1 N–H and O–H groups in total. The van der Waals surface area contributed by atoms with Gasteiger partial charge < -0.3 is 14.6 Å². The van der Waals surface area contributed by atoms with Gasteiger partial charge in [-0.15, -0.1) is 10.2 Å². The van der Waals surface area contributed by atoms with Crippen LogP contribution in [-0.2, 0) is 15.3 Å². The third kappa shape index (κ3) is 5.03. The highest BCUT2D eigenvalue weighted by atomic mass is 35.5. The first-order chi connectivity index (χ1) is 19.4. The van der Waals surface area contributed by atoms with Crippen molar-refractivity contribution in [1.82, 2.24) is 10.2 Å². The predicted octanol–water partition coefficient (Wildman–Crippen LogP) is 6.02. The molecule has 2 aliphatic heterocycles. The van der Waals surface area contributed by atoms with E-state index in [4.69, 9.17) is 21.1 Å². The Balaban J connectivity index is 1.38. The molecule has 8 nitrogen and oxygen atoms in total. The van der Waals surface area contributed by atoms with E-state index in [2.05, 4.69) is 10.2 Å². The van der Waals surface area contributed by atoms with Gasteiger partial charge in [0.2, 0.25) is 5.13 Å². The highest BCUT2D eigenvalue weighted by Crippen LogP contribution is 2.45. The number of carbonyl (C=O) groups is 2.